The fraction of sp³-hybridized carbons (Fsp3) is 0.400. The van der Waals surface area contributed by atoms with Crippen LogP contribution in [0.3, 0.4) is 0 Å². The number of rotatable bonds is 6. The first-order chi connectivity index (χ1) is 9.38. The van der Waals surface area contributed by atoms with Gasteiger partial charge in [0.15, 0.2) is 9.84 Å². The summed E-state index contributed by atoms with van der Waals surface area (Å²) in [5, 5.41) is 1.69. The molecule has 1 amide bonds. The van der Waals surface area contributed by atoms with Crippen LogP contribution in [-0.4, -0.2) is 25.3 Å². The molecule has 0 aliphatic carbocycles. The summed E-state index contributed by atoms with van der Waals surface area (Å²) in [5.41, 5.74) is 0.943. The zero-order valence-corrected chi connectivity index (χ0v) is 12.9. The molecule has 1 aromatic rings. The average molecular weight is 295 g/mol. The minimum atomic E-state index is -3.45. The van der Waals surface area contributed by atoms with Crippen molar-refractivity contribution in [2.45, 2.75) is 32.1 Å². The lowest BCUT2D eigenvalue weighted by molar-refractivity contribution is -0.121. The maximum absolute atomic E-state index is 12.0. The first-order valence-corrected chi connectivity index (χ1v) is 8.28. The molecule has 1 N–H and O–H groups in total. The first kappa shape index (κ1) is 16.4. The molecule has 5 heteroatoms. The highest BCUT2D eigenvalue weighted by molar-refractivity contribution is 7.92. The summed E-state index contributed by atoms with van der Waals surface area (Å²) in [7, 11) is -3.45. The van der Waals surface area contributed by atoms with Crippen LogP contribution in [0, 0.1) is 0 Å². The van der Waals surface area contributed by atoms with Gasteiger partial charge in [-0.1, -0.05) is 42.5 Å². The number of hydrogen-bond acceptors (Lipinski definition) is 3. The summed E-state index contributed by atoms with van der Waals surface area (Å²) in [5.74, 6) is -0.580. The smallest absolute Gasteiger partial charge is 0.238 e. The molecular weight excluding hydrogens is 274 g/mol. The van der Waals surface area contributed by atoms with E-state index in [-0.39, 0.29) is 11.8 Å². The van der Waals surface area contributed by atoms with Gasteiger partial charge in [0.25, 0.3) is 0 Å². The van der Waals surface area contributed by atoms with E-state index in [1.54, 1.807) is 19.1 Å². The third kappa shape index (κ3) is 4.49. The van der Waals surface area contributed by atoms with Gasteiger partial charge in [-0.3, -0.25) is 4.79 Å². The second-order valence-corrected chi connectivity index (χ2v) is 7.05. The molecule has 0 aromatic heterocycles. The number of benzene rings is 1. The third-order valence-corrected chi connectivity index (χ3v) is 5.08. The molecular formula is C15H21NO3S. The largest absolute Gasteiger partial charge is 0.348 e. The molecule has 110 valence electrons. The van der Waals surface area contributed by atoms with Gasteiger partial charge in [-0.05, 0) is 26.3 Å². The lowest BCUT2D eigenvalue weighted by Crippen LogP contribution is -2.39. The molecule has 2 unspecified atom stereocenters. The maximum Gasteiger partial charge on any atom is 0.238 e. The number of allylic oxidation sites excluding steroid dienone is 1. The summed E-state index contributed by atoms with van der Waals surface area (Å²) < 4.78 is 23.9. The van der Waals surface area contributed by atoms with Gasteiger partial charge in [0.05, 0.1) is 11.8 Å². The van der Waals surface area contributed by atoms with Crippen LogP contribution in [-0.2, 0) is 14.6 Å². The Labute approximate surface area is 120 Å². The Hall–Kier alpha value is -1.62. The van der Waals surface area contributed by atoms with Gasteiger partial charge in [0, 0.05) is 0 Å². The second kappa shape index (κ2) is 7.24. The Balaban J connectivity index is 2.71. The monoisotopic (exact) mass is 295 g/mol. The molecule has 2 atom stereocenters. The van der Waals surface area contributed by atoms with Crippen LogP contribution < -0.4 is 5.32 Å². The van der Waals surface area contributed by atoms with Crippen molar-refractivity contribution in [3.8, 4) is 0 Å². The maximum atomic E-state index is 12.0. The normalized spacial score (nSPS) is 14.9. The fourth-order valence-electron chi connectivity index (χ4n) is 1.69. The molecule has 4 nitrogen and oxygen atoms in total. The molecule has 0 radical (unpaired) electrons. The number of carbonyl (C=O) groups is 1. The molecule has 0 spiro atoms. The zero-order valence-electron chi connectivity index (χ0n) is 12.0. The summed E-state index contributed by atoms with van der Waals surface area (Å²) in [4.78, 5) is 12.0. The zero-order chi connectivity index (χ0) is 15.2. The minimum Gasteiger partial charge on any atom is -0.348 e. The second-order valence-electron chi connectivity index (χ2n) is 4.68. The first-order valence-electron chi connectivity index (χ1n) is 6.56. The molecule has 0 saturated carbocycles. The van der Waals surface area contributed by atoms with Crippen molar-refractivity contribution in [2.75, 3.05) is 5.75 Å². The van der Waals surface area contributed by atoms with Crippen molar-refractivity contribution in [1.29, 1.82) is 0 Å². The molecule has 0 aliphatic rings. The predicted molar refractivity (Wildman–Crippen MR) is 81.1 cm³/mol. The molecule has 1 rings (SSSR count). The quantitative estimate of drug-likeness (QED) is 0.819. The summed E-state index contributed by atoms with van der Waals surface area (Å²) >= 11 is 0. The highest BCUT2D eigenvalue weighted by atomic mass is 32.2. The van der Waals surface area contributed by atoms with E-state index in [1.165, 1.54) is 6.92 Å². The van der Waals surface area contributed by atoms with Gasteiger partial charge in [0.2, 0.25) is 5.91 Å². The highest BCUT2D eigenvalue weighted by Gasteiger charge is 2.27. The van der Waals surface area contributed by atoms with Gasteiger partial charge >= 0.3 is 0 Å². The fourth-order valence-corrected chi connectivity index (χ4v) is 2.84. The standard InChI is InChI=1S/C15H21NO3S/c1-4-5-11-20(18,19)13(3)15(17)16-12(2)14-9-7-6-8-10-14/h4-10,12-13H,11H2,1-3H3,(H,16,17). The number of amides is 1. The van der Waals surface area contributed by atoms with Gasteiger partial charge in [-0.25, -0.2) is 8.42 Å². The van der Waals surface area contributed by atoms with E-state index in [1.807, 2.05) is 37.3 Å². The molecule has 20 heavy (non-hydrogen) atoms. The van der Waals surface area contributed by atoms with Crippen LogP contribution >= 0.6 is 0 Å². The molecule has 0 bridgehead atoms. The van der Waals surface area contributed by atoms with Crippen LogP contribution in [0.4, 0.5) is 0 Å². The van der Waals surface area contributed by atoms with Gasteiger partial charge in [-0.15, -0.1) is 0 Å². The Morgan fingerprint density at radius 3 is 2.40 bits per heavy atom. The van der Waals surface area contributed by atoms with Crippen LogP contribution in [0.15, 0.2) is 42.5 Å². The Kier molecular flexibility index (Phi) is 5.95. The van der Waals surface area contributed by atoms with Gasteiger partial charge in [-0.2, -0.15) is 0 Å². The SMILES string of the molecule is CC=CCS(=O)(=O)C(C)C(=O)NC(C)c1ccccc1. The van der Waals surface area contributed by atoms with Crippen molar-refractivity contribution < 1.29 is 13.2 Å². The predicted octanol–water partition coefficient (Wildman–Crippen LogP) is 2.24. The topological polar surface area (TPSA) is 63.2 Å². The molecule has 0 heterocycles. The summed E-state index contributed by atoms with van der Waals surface area (Å²) in [6, 6.07) is 9.22. The highest BCUT2D eigenvalue weighted by Crippen LogP contribution is 2.12. The van der Waals surface area contributed by atoms with E-state index in [0.717, 1.165) is 5.56 Å². The van der Waals surface area contributed by atoms with Crippen LogP contribution in [0.1, 0.15) is 32.4 Å². The summed E-state index contributed by atoms with van der Waals surface area (Å²) in [6.07, 6.45) is 3.20. The van der Waals surface area contributed by atoms with Crippen molar-refractivity contribution in [3.63, 3.8) is 0 Å². The van der Waals surface area contributed by atoms with Gasteiger partial charge in [0.1, 0.15) is 5.25 Å². The van der Waals surface area contributed by atoms with E-state index in [2.05, 4.69) is 5.32 Å². The van der Waals surface area contributed by atoms with Crippen molar-refractivity contribution in [1.82, 2.24) is 5.32 Å². The Bertz CT molecular complexity index is 564. The van der Waals surface area contributed by atoms with E-state index in [9.17, 15) is 13.2 Å². The van der Waals surface area contributed by atoms with E-state index >= 15 is 0 Å². The number of hydrogen-bond donors (Lipinski definition) is 1. The van der Waals surface area contributed by atoms with Crippen molar-refractivity contribution in [3.05, 3.63) is 48.0 Å². The Morgan fingerprint density at radius 1 is 1.25 bits per heavy atom. The minimum absolute atomic E-state index is 0.113. The third-order valence-electron chi connectivity index (χ3n) is 3.13. The molecule has 0 aliphatic heterocycles. The number of carbonyl (C=O) groups excluding carboxylic acids is 1. The molecule has 0 saturated heterocycles. The van der Waals surface area contributed by atoms with E-state index in [4.69, 9.17) is 0 Å². The number of sulfone groups is 1. The number of nitrogens with one attached hydrogen (secondary N) is 1. The average Bonchev–Trinajstić information content (AvgIpc) is 2.45. The molecule has 0 fully saturated rings. The van der Waals surface area contributed by atoms with Gasteiger partial charge < -0.3 is 5.32 Å². The van der Waals surface area contributed by atoms with Crippen LogP contribution in [0.5, 0.6) is 0 Å². The Morgan fingerprint density at radius 2 is 1.85 bits per heavy atom. The van der Waals surface area contributed by atoms with E-state index in [0.29, 0.717) is 0 Å². The van der Waals surface area contributed by atoms with Crippen LogP contribution in [0.2, 0.25) is 0 Å². The molecule has 1 aromatic carbocycles. The van der Waals surface area contributed by atoms with Crippen molar-refractivity contribution >= 4 is 15.7 Å². The van der Waals surface area contributed by atoms with Crippen molar-refractivity contribution in [2.24, 2.45) is 0 Å². The lowest BCUT2D eigenvalue weighted by atomic mass is 10.1. The van der Waals surface area contributed by atoms with Crippen LogP contribution in [0.25, 0.3) is 0 Å². The lowest BCUT2D eigenvalue weighted by Gasteiger charge is -2.17. The van der Waals surface area contributed by atoms with E-state index < -0.39 is 21.0 Å². The summed E-state index contributed by atoms with van der Waals surface area (Å²) in [6.45, 7) is 5.00.